The van der Waals surface area contributed by atoms with Gasteiger partial charge in [-0.1, -0.05) is 38.8 Å². The number of thiophene rings is 2. The Bertz CT molecular complexity index is 2900. The minimum absolute atomic E-state index is 0.290. The van der Waals surface area contributed by atoms with E-state index in [4.69, 9.17) is 19.4 Å². The molecule has 1 aliphatic carbocycles. The fourth-order valence-electron chi connectivity index (χ4n) is 10.5. The molecular weight excluding hydrogens is 971 g/mol. The molecule has 4 unspecified atom stereocenters. The summed E-state index contributed by atoms with van der Waals surface area (Å²) in [5, 5.41) is 5.79. The number of carbonyl (C=O) groups excluding carboxylic acids is 2. The van der Waals surface area contributed by atoms with E-state index in [-0.39, 0.29) is 6.04 Å². The number of nitrogens with zero attached hydrogens (tertiary/aromatic N) is 4. The summed E-state index contributed by atoms with van der Waals surface area (Å²) in [5.41, 5.74) is 11.9. The van der Waals surface area contributed by atoms with Gasteiger partial charge in [0.15, 0.2) is 0 Å². The number of carbonyl (C=O) groups is 2. The molecule has 0 bridgehead atoms. The van der Waals surface area contributed by atoms with Crippen LogP contribution in [-0.4, -0.2) is 65.0 Å². The summed E-state index contributed by atoms with van der Waals surface area (Å²) < 4.78 is 12.6. The van der Waals surface area contributed by atoms with Crippen molar-refractivity contribution in [3.8, 4) is 43.4 Å². The van der Waals surface area contributed by atoms with Crippen molar-refractivity contribution < 1.29 is 19.1 Å². The monoisotopic (exact) mass is 1040 g/mol. The first-order valence-electron chi connectivity index (χ1n) is 25.8. The summed E-state index contributed by atoms with van der Waals surface area (Å²) in [6, 6.07) is 21.8. The minimum Gasteiger partial charge on any atom is -0.385 e. The zero-order chi connectivity index (χ0) is 50.1. The van der Waals surface area contributed by atoms with Crippen LogP contribution < -0.4 is 5.32 Å². The van der Waals surface area contributed by atoms with E-state index < -0.39 is 0 Å². The summed E-state index contributed by atoms with van der Waals surface area (Å²) in [7, 11) is 3.46. The summed E-state index contributed by atoms with van der Waals surface area (Å²) in [6.45, 7) is 10.7. The summed E-state index contributed by atoms with van der Waals surface area (Å²) in [5.74, 6) is 1.85. The molecule has 8 aromatic rings. The second kappa shape index (κ2) is 24.4. The zero-order valence-electron chi connectivity index (χ0n) is 42.6. The number of nitrogens with one attached hydrogen (secondary N) is 1. The van der Waals surface area contributed by atoms with Gasteiger partial charge < -0.3 is 14.8 Å². The highest BCUT2D eigenvalue weighted by atomic mass is 32.1. The number of benzene rings is 2. The van der Waals surface area contributed by atoms with Crippen LogP contribution in [0.25, 0.3) is 63.8 Å². The zero-order valence-corrected chi connectivity index (χ0v) is 45.8. The van der Waals surface area contributed by atoms with E-state index in [1.54, 1.807) is 36.9 Å². The van der Waals surface area contributed by atoms with Crippen LogP contribution in [0.15, 0.2) is 85.5 Å². The van der Waals surface area contributed by atoms with Gasteiger partial charge in [0.1, 0.15) is 21.6 Å². The van der Waals surface area contributed by atoms with Crippen LogP contribution >= 0.6 is 45.3 Å². The van der Waals surface area contributed by atoms with Crippen molar-refractivity contribution in [3.05, 3.63) is 116 Å². The lowest BCUT2D eigenvalue weighted by Gasteiger charge is -2.26. The fraction of sp³-hybridized carbons (Fsp3) is 0.424. The van der Waals surface area contributed by atoms with E-state index in [2.05, 4.69) is 79.4 Å². The van der Waals surface area contributed by atoms with Crippen LogP contribution in [-0.2, 0) is 44.7 Å². The van der Waals surface area contributed by atoms with Crippen molar-refractivity contribution in [2.45, 2.75) is 129 Å². The van der Waals surface area contributed by atoms with Gasteiger partial charge in [-0.15, -0.1) is 45.3 Å². The predicted octanol–water partition coefficient (Wildman–Crippen LogP) is 15.1. The van der Waals surface area contributed by atoms with E-state index in [9.17, 15) is 9.59 Å². The highest BCUT2D eigenvalue weighted by molar-refractivity contribution is 7.22. The molecule has 6 aromatic heterocycles. The minimum atomic E-state index is 0.290. The normalized spacial score (nSPS) is 17.4. The Balaban J connectivity index is 0.000000178. The molecule has 0 amide bonds. The van der Waals surface area contributed by atoms with Gasteiger partial charge in [0, 0.05) is 121 Å². The molecule has 0 fully saturated rings. The Hall–Kier alpha value is -4.86. The Kier molecular flexibility index (Phi) is 17.7. The third kappa shape index (κ3) is 12.4. The standard InChI is InChI=1S/C30H34N2O2S2.C29H33N3O2S2/c1-19-15-20(2)29-24(16-19)28(27(35-29)18-23(33)7-5-4-6-14-34-3)30-32-25-17-22(8-9-26(25)36-30)21-10-12-31-13-11-21;1-18-15-23-27(26(35-28(23)19(2)31-18)17-22(33)7-5-4-6-14-34-3)29-32-24-16-21(8-9-25(24)36-29)20-10-12-30-13-11-20/h8-13,17,19-20H,4-7,14-16,18H2,1-3H3;8-13,16,18-19,31H,4-7,14-15,17H2,1-3H3. The van der Waals surface area contributed by atoms with E-state index in [0.29, 0.717) is 55.1 Å². The molecule has 1 N–H and O–H groups in total. The number of hydrogen-bond donors (Lipinski definition) is 1. The number of unbranched alkanes of at least 4 members (excludes halogenated alkanes) is 4. The predicted molar refractivity (Wildman–Crippen MR) is 301 cm³/mol. The van der Waals surface area contributed by atoms with Crippen LogP contribution in [0, 0.1) is 5.92 Å². The average Bonchev–Trinajstić information content (AvgIpc) is 4.17. The number of ketones is 2. The molecule has 13 heteroatoms. The van der Waals surface area contributed by atoms with E-state index in [1.807, 2.05) is 71.7 Å². The molecule has 9 nitrogen and oxygen atoms in total. The first-order chi connectivity index (χ1) is 35.1. The van der Waals surface area contributed by atoms with Gasteiger partial charge in [0.25, 0.3) is 0 Å². The van der Waals surface area contributed by atoms with Gasteiger partial charge >= 0.3 is 0 Å². The van der Waals surface area contributed by atoms with E-state index >= 15 is 0 Å². The second-order valence-electron chi connectivity index (χ2n) is 19.8. The number of aromatic nitrogens is 4. The van der Waals surface area contributed by atoms with Crippen LogP contribution in [0.2, 0.25) is 0 Å². The van der Waals surface area contributed by atoms with Gasteiger partial charge in [-0.2, -0.15) is 0 Å². The highest BCUT2D eigenvalue weighted by Gasteiger charge is 2.32. The maximum atomic E-state index is 13.0. The highest BCUT2D eigenvalue weighted by Crippen LogP contribution is 2.49. The number of pyridine rings is 2. The Morgan fingerprint density at radius 2 is 1.07 bits per heavy atom. The molecular formula is C59H67N5O4S4. The number of rotatable bonds is 20. The lowest BCUT2D eigenvalue weighted by molar-refractivity contribution is -0.119. The molecule has 0 spiro atoms. The van der Waals surface area contributed by atoms with Crippen molar-refractivity contribution >= 4 is 77.3 Å². The number of ether oxygens (including phenoxy) is 2. The van der Waals surface area contributed by atoms with Crippen molar-refractivity contribution in [1.82, 2.24) is 25.3 Å². The Morgan fingerprint density at radius 1 is 0.583 bits per heavy atom. The molecule has 2 aromatic carbocycles. The molecule has 2 aliphatic rings. The molecule has 376 valence electrons. The van der Waals surface area contributed by atoms with Gasteiger partial charge in [-0.05, 0) is 153 Å². The van der Waals surface area contributed by atoms with Gasteiger partial charge in [0.2, 0.25) is 0 Å². The Morgan fingerprint density at radius 3 is 1.57 bits per heavy atom. The molecule has 0 radical (unpaired) electrons. The van der Waals surface area contributed by atoms with Crippen molar-refractivity contribution in [1.29, 1.82) is 0 Å². The fourth-order valence-corrected chi connectivity index (χ4v) is 15.5. The van der Waals surface area contributed by atoms with Crippen LogP contribution in [0.3, 0.4) is 0 Å². The molecule has 10 rings (SSSR count). The van der Waals surface area contributed by atoms with E-state index in [0.717, 1.165) is 108 Å². The quantitative estimate of drug-likeness (QED) is 0.0745. The smallest absolute Gasteiger partial charge is 0.138 e. The summed E-state index contributed by atoms with van der Waals surface area (Å²) in [4.78, 5) is 49.8. The van der Waals surface area contributed by atoms with Crippen molar-refractivity contribution in [2.24, 2.45) is 5.92 Å². The lowest BCUT2D eigenvalue weighted by atomic mass is 9.81. The van der Waals surface area contributed by atoms with E-state index in [1.165, 1.54) is 57.6 Å². The van der Waals surface area contributed by atoms with Crippen molar-refractivity contribution in [3.63, 3.8) is 0 Å². The van der Waals surface area contributed by atoms with Crippen LogP contribution in [0.1, 0.15) is 128 Å². The topological polar surface area (TPSA) is 116 Å². The molecule has 4 atom stereocenters. The largest absolute Gasteiger partial charge is 0.385 e. The maximum Gasteiger partial charge on any atom is 0.138 e. The average molecular weight is 1040 g/mol. The number of thiazole rings is 2. The molecule has 7 heterocycles. The molecule has 1 aliphatic heterocycles. The van der Waals surface area contributed by atoms with Crippen LogP contribution in [0.4, 0.5) is 0 Å². The molecule has 0 saturated carbocycles. The van der Waals surface area contributed by atoms with Gasteiger partial charge in [-0.3, -0.25) is 19.6 Å². The number of Topliss-reactive ketones (excluding diaryl/α,β-unsaturated/α-hetero) is 2. The lowest BCUT2D eigenvalue weighted by Crippen LogP contribution is -2.35. The third-order valence-corrected chi connectivity index (χ3v) is 19.0. The summed E-state index contributed by atoms with van der Waals surface area (Å²) in [6.07, 6.45) is 18.8. The van der Waals surface area contributed by atoms with Crippen LogP contribution in [0.5, 0.6) is 0 Å². The maximum absolute atomic E-state index is 13.0. The SMILES string of the molecule is COCCCCCC(=O)Cc1sc2c(c1-c1nc3cc(-c4ccncc4)ccc3s1)CC(C)CC2C.COCCCCCC(=O)Cc1sc2c(c1-c1nc3cc(-c4ccncc4)ccc3s1)CC(C)NC2C. The summed E-state index contributed by atoms with van der Waals surface area (Å²) >= 11 is 7.18. The molecule has 72 heavy (non-hydrogen) atoms. The van der Waals surface area contributed by atoms with Gasteiger partial charge in [0.05, 0.1) is 20.4 Å². The second-order valence-corrected chi connectivity index (χ2v) is 24.2. The Labute approximate surface area is 440 Å². The third-order valence-electron chi connectivity index (χ3n) is 14.0. The van der Waals surface area contributed by atoms with Gasteiger partial charge in [-0.25, -0.2) is 9.97 Å². The first-order valence-corrected chi connectivity index (χ1v) is 29.0. The number of methoxy groups -OCH3 is 2. The molecule has 0 saturated heterocycles. The van der Waals surface area contributed by atoms with Crippen molar-refractivity contribution in [2.75, 3.05) is 27.4 Å². The first kappa shape index (κ1) is 52.0. The number of fused-ring (bicyclic) bond motifs is 4. The number of hydrogen-bond acceptors (Lipinski definition) is 13.